The Kier molecular flexibility index (Phi) is 14.4. The van der Waals surface area contributed by atoms with Crippen molar-refractivity contribution in [2.75, 3.05) is 18.2 Å². The van der Waals surface area contributed by atoms with E-state index in [9.17, 15) is 33.9 Å². The number of hydrogen-bond donors (Lipinski definition) is 6. The van der Waals surface area contributed by atoms with Gasteiger partial charge in [-0.05, 0) is 40.5 Å². The van der Waals surface area contributed by atoms with E-state index in [0.29, 0.717) is 0 Å². The Morgan fingerprint density at radius 1 is 0.886 bits per heavy atom. The van der Waals surface area contributed by atoms with Gasteiger partial charge in [0, 0.05) is 26.1 Å². The average molecular weight is 520 g/mol. The third-order valence-electron chi connectivity index (χ3n) is 4.11. The molecule has 6 N–H and O–H groups in total. The molecule has 0 bridgehead atoms. The number of nitrogens with one attached hydrogen (secondary N) is 5. The lowest BCUT2D eigenvalue weighted by molar-refractivity contribution is -0.142. The predicted molar refractivity (Wildman–Crippen MR) is 129 cm³/mol. The molecule has 0 spiro atoms. The van der Waals surface area contributed by atoms with E-state index in [-0.39, 0.29) is 36.9 Å². The summed E-state index contributed by atoms with van der Waals surface area (Å²) in [5.74, 6) is -2.94. The van der Waals surface area contributed by atoms with Crippen LogP contribution in [0.25, 0.3) is 0 Å². The molecule has 200 valence electrons. The molecule has 0 unspecified atom stereocenters. The minimum Gasteiger partial charge on any atom is -0.480 e. The highest BCUT2D eigenvalue weighted by Gasteiger charge is 2.27. The summed E-state index contributed by atoms with van der Waals surface area (Å²) >= 11 is 1.20. The predicted octanol–water partition coefficient (Wildman–Crippen LogP) is -0.303. The van der Waals surface area contributed by atoms with Crippen molar-refractivity contribution in [3.05, 3.63) is 0 Å². The van der Waals surface area contributed by atoms with Gasteiger partial charge in [0.05, 0.1) is 5.88 Å². The molecule has 0 aromatic rings. The Morgan fingerprint density at radius 2 is 1.51 bits per heavy atom. The molecule has 0 fully saturated rings. The Morgan fingerprint density at radius 3 is 2.03 bits per heavy atom. The lowest BCUT2D eigenvalue weighted by atomic mass is 10.1. The first-order valence-corrected chi connectivity index (χ1v) is 12.2. The summed E-state index contributed by atoms with van der Waals surface area (Å²) in [4.78, 5) is 70.5. The molecule has 35 heavy (non-hydrogen) atoms. The lowest BCUT2D eigenvalue weighted by Gasteiger charge is -2.22. The molecule has 0 rings (SSSR count). The summed E-state index contributed by atoms with van der Waals surface area (Å²) in [5, 5.41) is 21.7. The van der Waals surface area contributed by atoms with E-state index in [1.807, 2.05) is 0 Å². The minimum absolute atomic E-state index is 0.0336. The van der Waals surface area contributed by atoms with E-state index < -0.39 is 53.5 Å². The number of carbonyl (C=O) groups excluding carboxylic acids is 5. The second-order valence-corrected chi connectivity index (χ2v) is 9.73. The number of aliphatic carboxylic acids is 1. The van der Waals surface area contributed by atoms with Crippen molar-refractivity contribution in [1.29, 1.82) is 0 Å². The van der Waals surface area contributed by atoms with E-state index in [1.165, 1.54) is 32.5 Å². The third kappa shape index (κ3) is 16.3. The Balaban J connectivity index is 4.73. The number of amides is 5. The normalized spacial score (nSPS) is 13.4. The fourth-order valence-corrected chi connectivity index (χ4v) is 3.40. The average Bonchev–Trinajstić information content (AvgIpc) is 2.70. The number of carboxylic acid groups (broad SMARTS) is 1. The summed E-state index contributed by atoms with van der Waals surface area (Å²) < 4.78 is 5.09. The van der Waals surface area contributed by atoms with Crippen molar-refractivity contribution in [3.8, 4) is 0 Å². The number of hydrogen-bond acceptors (Lipinski definition) is 8. The molecular formula is C21H37N5O8S. The zero-order valence-corrected chi connectivity index (χ0v) is 21.8. The zero-order chi connectivity index (χ0) is 27.2. The van der Waals surface area contributed by atoms with Crippen LogP contribution in [0.4, 0.5) is 4.79 Å². The molecule has 0 heterocycles. The number of carboxylic acids is 1. The maximum atomic E-state index is 12.5. The molecule has 0 aromatic heterocycles. The molecule has 0 aliphatic heterocycles. The minimum atomic E-state index is -1.26. The lowest BCUT2D eigenvalue weighted by Crippen LogP contribution is -2.55. The van der Waals surface area contributed by atoms with E-state index >= 15 is 0 Å². The molecule has 13 nitrogen and oxygen atoms in total. The highest BCUT2D eigenvalue weighted by atomic mass is 32.2. The highest BCUT2D eigenvalue weighted by Crippen LogP contribution is 2.07. The van der Waals surface area contributed by atoms with E-state index in [1.54, 1.807) is 20.8 Å². The van der Waals surface area contributed by atoms with Crippen molar-refractivity contribution < 1.29 is 38.6 Å². The van der Waals surface area contributed by atoms with Gasteiger partial charge in [-0.3, -0.25) is 19.2 Å². The molecule has 0 saturated heterocycles. The van der Waals surface area contributed by atoms with E-state index in [2.05, 4.69) is 26.6 Å². The monoisotopic (exact) mass is 519 g/mol. The molecule has 0 aromatic carbocycles. The first-order valence-electron chi connectivity index (χ1n) is 11.0. The standard InChI is InChI=1S/C21H37N5O8S/c1-12(24-18(30)16(25-14(3)28)10-35-11-23-13(2)27)17(29)26-15(19(31)32)8-7-9-22-20(33)34-21(4,5)6/h12,15-16H,7-11H2,1-6H3,(H,22,33)(H,23,27)(H,24,30)(H,25,28)(H,26,29)(H,31,32)/t12-,15-,16-/m1/s1. The molecular weight excluding hydrogens is 482 g/mol. The number of ether oxygens (including phenoxy) is 1. The van der Waals surface area contributed by atoms with Crippen LogP contribution in [0, 0.1) is 0 Å². The van der Waals surface area contributed by atoms with Gasteiger partial charge in [-0.15, -0.1) is 11.8 Å². The van der Waals surface area contributed by atoms with Crippen LogP contribution in [-0.4, -0.2) is 82.7 Å². The largest absolute Gasteiger partial charge is 0.480 e. The second kappa shape index (κ2) is 15.8. The van der Waals surface area contributed by atoms with Gasteiger partial charge in [-0.25, -0.2) is 9.59 Å². The topological polar surface area (TPSA) is 192 Å². The van der Waals surface area contributed by atoms with Gasteiger partial charge in [0.2, 0.25) is 23.6 Å². The first-order chi connectivity index (χ1) is 16.1. The highest BCUT2D eigenvalue weighted by molar-refractivity contribution is 7.99. The summed E-state index contributed by atoms with van der Waals surface area (Å²) in [6.07, 6.45) is -0.340. The van der Waals surface area contributed by atoms with E-state index in [0.717, 1.165) is 0 Å². The molecule has 0 aliphatic rings. The van der Waals surface area contributed by atoms with Gasteiger partial charge >= 0.3 is 12.1 Å². The summed E-state index contributed by atoms with van der Waals surface area (Å²) in [6, 6.07) is -3.28. The molecule has 0 saturated carbocycles. The maximum absolute atomic E-state index is 12.5. The Bertz CT molecular complexity index is 771. The number of alkyl carbamates (subject to hydrolysis) is 1. The van der Waals surface area contributed by atoms with Crippen molar-refractivity contribution in [2.45, 2.75) is 78.1 Å². The zero-order valence-electron chi connectivity index (χ0n) is 21.0. The summed E-state index contributed by atoms with van der Waals surface area (Å²) in [6.45, 7) is 9.26. The fraction of sp³-hybridized carbons (Fsp3) is 0.714. The molecule has 3 atom stereocenters. The van der Waals surface area contributed by atoms with Crippen LogP contribution < -0.4 is 26.6 Å². The molecule has 0 aliphatic carbocycles. The third-order valence-corrected chi connectivity index (χ3v) is 5.02. The van der Waals surface area contributed by atoms with Crippen molar-refractivity contribution in [2.24, 2.45) is 0 Å². The summed E-state index contributed by atoms with van der Waals surface area (Å²) in [5.41, 5.74) is -0.661. The van der Waals surface area contributed by atoms with Crippen molar-refractivity contribution in [1.82, 2.24) is 26.6 Å². The van der Waals surface area contributed by atoms with Crippen molar-refractivity contribution in [3.63, 3.8) is 0 Å². The van der Waals surface area contributed by atoms with Crippen LogP contribution in [0.5, 0.6) is 0 Å². The molecule has 0 radical (unpaired) electrons. The van der Waals surface area contributed by atoms with Crippen LogP contribution in [0.1, 0.15) is 54.4 Å². The SMILES string of the molecule is CC(=O)NCSC[C@@H](NC(C)=O)C(=O)N[C@H](C)C(=O)N[C@H](CCCNC(=O)OC(C)(C)C)C(=O)O. The Labute approximate surface area is 209 Å². The van der Waals surface area contributed by atoms with Crippen LogP contribution in [-0.2, 0) is 28.7 Å². The number of rotatable bonds is 14. The van der Waals surface area contributed by atoms with Gasteiger partial charge in [0.25, 0.3) is 0 Å². The van der Waals surface area contributed by atoms with E-state index in [4.69, 9.17) is 4.74 Å². The van der Waals surface area contributed by atoms with Gasteiger partial charge in [0.15, 0.2) is 0 Å². The van der Waals surface area contributed by atoms with Crippen LogP contribution in [0.2, 0.25) is 0 Å². The van der Waals surface area contributed by atoms with Crippen molar-refractivity contribution >= 4 is 47.5 Å². The van der Waals surface area contributed by atoms with Crippen LogP contribution in [0.3, 0.4) is 0 Å². The molecule has 5 amide bonds. The number of thioether (sulfide) groups is 1. The first kappa shape index (κ1) is 32.0. The van der Waals surface area contributed by atoms with Gasteiger partial charge in [-0.2, -0.15) is 0 Å². The Hall–Kier alpha value is -3.03. The van der Waals surface area contributed by atoms with Crippen LogP contribution >= 0.6 is 11.8 Å². The summed E-state index contributed by atoms with van der Waals surface area (Å²) in [7, 11) is 0. The fourth-order valence-electron chi connectivity index (χ4n) is 2.50. The van der Waals surface area contributed by atoms with Gasteiger partial charge < -0.3 is 36.4 Å². The second-order valence-electron chi connectivity index (χ2n) is 8.70. The maximum Gasteiger partial charge on any atom is 0.407 e. The van der Waals surface area contributed by atoms with Gasteiger partial charge in [-0.1, -0.05) is 0 Å². The van der Waals surface area contributed by atoms with Gasteiger partial charge in [0.1, 0.15) is 23.7 Å². The smallest absolute Gasteiger partial charge is 0.407 e. The number of carbonyl (C=O) groups is 6. The van der Waals surface area contributed by atoms with Crippen LogP contribution in [0.15, 0.2) is 0 Å². The quantitative estimate of drug-likeness (QED) is 0.132. The molecule has 14 heteroatoms.